The van der Waals surface area contributed by atoms with Crippen LogP contribution < -0.4 is 4.74 Å². The molecule has 0 aliphatic rings. The first-order chi connectivity index (χ1) is 12.3. The first-order valence-corrected chi connectivity index (χ1v) is 10.2. The van der Waals surface area contributed by atoms with Gasteiger partial charge in [-0.3, -0.25) is 0 Å². The van der Waals surface area contributed by atoms with E-state index in [0.29, 0.717) is 16.8 Å². The fraction of sp³-hybridized carbons (Fsp3) is 0.421. The number of aryl methyl sites for hydroxylation is 2. The van der Waals surface area contributed by atoms with Crippen molar-refractivity contribution in [2.45, 2.75) is 32.6 Å². The third-order valence-corrected chi connectivity index (χ3v) is 5.38. The topological polar surface area (TPSA) is 52.8 Å². The third-order valence-electron chi connectivity index (χ3n) is 4.54. The molecule has 26 heavy (non-hydrogen) atoms. The zero-order valence-corrected chi connectivity index (χ0v) is 17.3. The standard InChI is InChI=1S/C19H23ClN4OS/c1-12-16-14(23-18(24(16)4)19(2,3)8-9-26-5)11-22-17(12)25-15-7-6-13(20)10-21-15/h6-7,10-11H,8-9H2,1-5H3. The van der Waals surface area contributed by atoms with E-state index < -0.39 is 0 Å². The second-order valence-electron chi connectivity index (χ2n) is 6.96. The zero-order valence-electron chi connectivity index (χ0n) is 15.7. The molecule has 3 aromatic rings. The largest absolute Gasteiger partial charge is 0.420 e. The van der Waals surface area contributed by atoms with E-state index in [2.05, 4.69) is 41.7 Å². The van der Waals surface area contributed by atoms with E-state index >= 15 is 0 Å². The lowest BCUT2D eigenvalue weighted by atomic mass is 9.89. The number of thioether (sulfide) groups is 1. The molecule has 0 aliphatic heterocycles. The fourth-order valence-corrected chi connectivity index (χ4v) is 3.90. The summed E-state index contributed by atoms with van der Waals surface area (Å²) in [4.78, 5) is 13.5. The first kappa shape index (κ1) is 19.0. The molecule has 0 radical (unpaired) electrons. The van der Waals surface area contributed by atoms with E-state index in [1.54, 1.807) is 24.5 Å². The van der Waals surface area contributed by atoms with Crippen LogP contribution in [0.5, 0.6) is 11.8 Å². The molecule has 0 spiro atoms. The molecule has 0 atom stereocenters. The van der Waals surface area contributed by atoms with Crippen LogP contribution in [0.4, 0.5) is 0 Å². The van der Waals surface area contributed by atoms with Crippen LogP contribution in [0.3, 0.4) is 0 Å². The van der Waals surface area contributed by atoms with E-state index in [9.17, 15) is 0 Å². The van der Waals surface area contributed by atoms with Gasteiger partial charge in [0.2, 0.25) is 11.8 Å². The summed E-state index contributed by atoms with van der Waals surface area (Å²) in [6, 6.07) is 3.47. The maximum Gasteiger partial charge on any atom is 0.226 e. The molecule has 7 heteroatoms. The Morgan fingerprint density at radius 2 is 2.00 bits per heavy atom. The number of pyridine rings is 2. The second kappa shape index (κ2) is 7.45. The van der Waals surface area contributed by atoms with Crippen LogP contribution in [0.25, 0.3) is 11.0 Å². The van der Waals surface area contributed by atoms with Crippen LogP contribution in [0.15, 0.2) is 24.5 Å². The quantitative estimate of drug-likeness (QED) is 0.582. The van der Waals surface area contributed by atoms with Crippen molar-refractivity contribution in [3.8, 4) is 11.8 Å². The molecule has 0 unspecified atom stereocenters. The Balaban J connectivity index is 2.01. The van der Waals surface area contributed by atoms with Gasteiger partial charge in [-0.05, 0) is 31.4 Å². The van der Waals surface area contributed by atoms with Crippen LogP contribution in [0.1, 0.15) is 31.7 Å². The predicted molar refractivity (Wildman–Crippen MR) is 109 cm³/mol. The molecule has 5 nitrogen and oxygen atoms in total. The molecular formula is C19H23ClN4OS. The summed E-state index contributed by atoms with van der Waals surface area (Å²) < 4.78 is 8.02. The molecule has 138 valence electrons. The first-order valence-electron chi connectivity index (χ1n) is 8.44. The van der Waals surface area contributed by atoms with Crippen molar-refractivity contribution in [2.75, 3.05) is 12.0 Å². The minimum Gasteiger partial charge on any atom is -0.420 e. The van der Waals surface area contributed by atoms with E-state index in [-0.39, 0.29) is 5.41 Å². The normalized spacial score (nSPS) is 11.9. The number of imidazole rings is 1. The minimum atomic E-state index is -0.0119. The Kier molecular flexibility index (Phi) is 5.44. The molecule has 0 bridgehead atoms. The van der Waals surface area contributed by atoms with Crippen LogP contribution in [0, 0.1) is 6.92 Å². The van der Waals surface area contributed by atoms with E-state index in [0.717, 1.165) is 34.6 Å². The predicted octanol–water partition coefficient (Wildman–Crippen LogP) is 5.15. The van der Waals surface area contributed by atoms with Gasteiger partial charge in [0.05, 0.1) is 16.7 Å². The maximum absolute atomic E-state index is 5.88. The highest BCUT2D eigenvalue weighted by Gasteiger charge is 2.27. The van der Waals surface area contributed by atoms with Crippen molar-refractivity contribution in [2.24, 2.45) is 7.05 Å². The highest BCUT2D eigenvalue weighted by molar-refractivity contribution is 7.98. The Morgan fingerprint density at radius 1 is 1.23 bits per heavy atom. The summed E-state index contributed by atoms with van der Waals surface area (Å²) in [6.07, 6.45) is 6.52. The molecule has 3 rings (SSSR count). The minimum absolute atomic E-state index is 0.0119. The molecule has 0 N–H and O–H groups in total. The molecular weight excluding hydrogens is 368 g/mol. The number of rotatable bonds is 6. The van der Waals surface area contributed by atoms with Crippen LogP contribution in [-0.4, -0.2) is 31.5 Å². The Bertz CT molecular complexity index is 921. The SMILES string of the molecule is CSCCC(C)(C)c1nc2cnc(Oc3ccc(Cl)cn3)c(C)c2n1C. The summed E-state index contributed by atoms with van der Waals surface area (Å²) in [5.41, 5.74) is 2.85. The molecule has 0 saturated heterocycles. The average Bonchev–Trinajstić information content (AvgIpc) is 2.96. The molecule has 3 heterocycles. The fourth-order valence-electron chi connectivity index (χ4n) is 3.07. The Morgan fingerprint density at radius 3 is 2.65 bits per heavy atom. The smallest absolute Gasteiger partial charge is 0.226 e. The molecule has 0 aliphatic carbocycles. The van der Waals surface area contributed by atoms with Crippen molar-refractivity contribution in [3.05, 3.63) is 40.9 Å². The van der Waals surface area contributed by atoms with Crippen LogP contribution in [-0.2, 0) is 12.5 Å². The maximum atomic E-state index is 5.88. The number of halogens is 1. The van der Waals surface area contributed by atoms with Crippen molar-refractivity contribution in [3.63, 3.8) is 0 Å². The monoisotopic (exact) mass is 390 g/mol. The second-order valence-corrected chi connectivity index (χ2v) is 8.38. The Labute approximate surface area is 163 Å². The molecule has 0 aromatic carbocycles. The lowest BCUT2D eigenvalue weighted by molar-refractivity contribution is 0.441. The van der Waals surface area contributed by atoms with Gasteiger partial charge in [-0.15, -0.1) is 0 Å². The third kappa shape index (κ3) is 3.67. The molecule has 0 saturated carbocycles. The van der Waals surface area contributed by atoms with Gasteiger partial charge < -0.3 is 9.30 Å². The number of ether oxygens (including phenoxy) is 1. The number of hydrogen-bond acceptors (Lipinski definition) is 5. The van der Waals surface area contributed by atoms with Crippen LogP contribution >= 0.6 is 23.4 Å². The van der Waals surface area contributed by atoms with Gasteiger partial charge in [-0.25, -0.2) is 15.0 Å². The molecule has 3 aromatic heterocycles. The van der Waals surface area contributed by atoms with Gasteiger partial charge >= 0.3 is 0 Å². The molecule has 0 amide bonds. The van der Waals surface area contributed by atoms with Gasteiger partial charge in [-0.2, -0.15) is 11.8 Å². The van der Waals surface area contributed by atoms with E-state index in [1.807, 2.05) is 18.7 Å². The summed E-state index contributed by atoms with van der Waals surface area (Å²) in [6.45, 7) is 6.48. The summed E-state index contributed by atoms with van der Waals surface area (Å²) in [7, 11) is 2.06. The van der Waals surface area contributed by atoms with Crippen molar-refractivity contribution >= 4 is 34.4 Å². The number of nitrogens with zero attached hydrogens (tertiary/aromatic N) is 4. The van der Waals surface area contributed by atoms with Crippen molar-refractivity contribution in [1.82, 2.24) is 19.5 Å². The van der Waals surface area contributed by atoms with Gasteiger partial charge in [-0.1, -0.05) is 25.4 Å². The highest BCUT2D eigenvalue weighted by Crippen LogP contribution is 2.33. The Hall–Kier alpha value is -1.79. The van der Waals surface area contributed by atoms with Crippen molar-refractivity contribution < 1.29 is 4.74 Å². The van der Waals surface area contributed by atoms with Gasteiger partial charge in [0.1, 0.15) is 11.3 Å². The summed E-state index contributed by atoms with van der Waals surface area (Å²) >= 11 is 7.74. The summed E-state index contributed by atoms with van der Waals surface area (Å²) in [5.74, 6) is 3.16. The van der Waals surface area contributed by atoms with Gasteiger partial charge in [0, 0.05) is 30.3 Å². The van der Waals surface area contributed by atoms with Crippen LogP contribution in [0.2, 0.25) is 5.02 Å². The van der Waals surface area contributed by atoms with E-state index in [1.165, 1.54) is 0 Å². The highest BCUT2D eigenvalue weighted by atomic mass is 35.5. The lowest BCUT2D eigenvalue weighted by Gasteiger charge is -2.23. The molecule has 0 fully saturated rings. The number of hydrogen-bond donors (Lipinski definition) is 0. The lowest BCUT2D eigenvalue weighted by Crippen LogP contribution is -2.23. The van der Waals surface area contributed by atoms with Crippen molar-refractivity contribution in [1.29, 1.82) is 0 Å². The number of aromatic nitrogens is 4. The number of fused-ring (bicyclic) bond motifs is 1. The van der Waals surface area contributed by atoms with Gasteiger partial charge in [0.25, 0.3) is 0 Å². The average molecular weight is 391 g/mol. The van der Waals surface area contributed by atoms with Gasteiger partial charge in [0.15, 0.2) is 0 Å². The van der Waals surface area contributed by atoms with E-state index in [4.69, 9.17) is 21.3 Å². The zero-order chi connectivity index (χ0) is 18.9. The summed E-state index contributed by atoms with van der Waals surface area (Å²) in [5, 5.41) is 0.571.